The largest absolute Gasteiger partial charge is 0.463 e. The minimum Gasteiger partial charge on any atom is -0.463 e. The van der Waals surface area contributed by atoms with Crippen LogP contribution in [-0.4, -0.2) is 13.4 Å². The maximum Gasteiger partial charge on any atom is 0.241 e. The molecule has 24 heavy (non-hydrogen) atoms. The number of halogens is 1. The van der Waals surface area contributed by atoms with Crippen molar-refractivity contribution in [2.75, 3.05) is 0 Å². The van der Waals surface area contributed by atoms with Gasteiger partial charge in [-0.3, -0.25) is 4.98 Å². The van der Waals surface area contributed by atoms with Crippen molar-refractivity contribution < 1.29 is 12.8 Å². The van der Waals surface area contributed by atoms with Crippen molar-refractivity contribution >= 4 is 21.6 Å². The van der Waals surface area contributed by atoms with Crippen LogP contribution in [-0.2, 0) is 16.6 Å². The van der Waals surface area contributed by atoms with Gasteiger partial charge in [0.15, 0.2) is 5.76 Å². The first-order valence-corrected chi connectivity index (χ1v) is 9.07. The zero-order valence-electron chi connectivity index (χ0n) is 12.9. The maximum absolute atomic E-state index is 12.4. The molecule has 0 atom stereocenters. The molecular weight excluding hydrogens is 348 g/mol. The zero-order valence-corrected chi connectivity index (χ0v) is 14.4. The quantitative estimate of drug-likeness (QED) is 0.749. The van der Waals surface area contributed by atoms with E-state index < -0.39 is 10.0 Å². The SMILES string of the molecule is Cc1c(Cl)cccc1S(=O)(=O)NCc1ccc(-c2ccco2)nc1. The fraction of sp³-hybridized carbons (Fsp3) is 0.118. The van der Waals surface area contributed by atoms with E-state index in [4.69, 9.17) is 16.0 Å². The van der Waals surface area contributed by atoms with Crippen LogP contribution in [0.4, 0.5) is 0 Å². The van der Waals surface area contributed by atoms with Gasteiger partial charge >= 0.3 is 0 Å². The second-order valence-electron chi connectivity index (χ2n) is 5.22. The molecule has 0 saturated carbocycles. The summed E-state index contributed by atoms with van der Waals surface area (Å²) in [6.45, 7) is 1.82. The Labute approximate surface area is 145 Å². The van der Waals surface area contributed by atoms with Gasteiger partial charge in [0.1, 0.15) is 5.69 Å². The number of sulfonamides is 1. The molecule has 124 valence electrons. The van der Waals surface area contributed by atoms with Crippen molar-refractivity contribution in [3.8, 4) is 11.5 Å². The number of aromatic nitrogens is 1. The fourth-order valence-electron chi connectivity index (χ4n) is 2.23. The number of nitrogens with one attached hydrogen (secondary N) is 1. The van der Waals surface area contributed by atoms with Crippen LogP contribution in [0.25, 0.3) is 11.5 Å². The molecule has 0 spiro atoms. The van der Waals surface area contributed by atoms with Gasteiger partial charge in [-0.25, -0.2) is 13.1 Å². The van der Waals surface area contributed by atoms with Gasteiger partial charge in [-0.15, -0.1) is 0 Å². The van der Waals surface area contributed by atoms with Crippen molar-refractivity contribution in [3.05, 3.63) is 71.1 Å². The van der Waals surface area contributed by atoms with Gasteiger partial charge in [0.05, 0.1) is 11.2 Å². The number of furan rings is 1. The summed E-state index contributed by atoms with van der Waals surface area (Å²) in [5.41, 5.74) is 1.96. The Bertz CT molecular complexity index is 936. The Hall–Kier alpha value is -2.15. The predicted molar refractivity (Wildman–Crippen MR) is 92.2 cm³/mol. The highest BCUT2D eigenvalue weighted by molar-refractivity contribution is 7.89. The summed E-state index contributed by atoms with van der Waals surface area (Å²) >= 11 is 5.99. The van der Waals surface area contributed by atoms with Crippen LogP contribution in [0.5, 0.6) is 0 Å². The second-order valence-corrected chi connectivity index (χ2v) is 7.36. The van der Waals surface area contributed by atoms with Crippen molar-refractivity contribution in [1.82, 2.24) is 9.71 Å². The van der Waals surface area contributed by atoms with Crippen molar-refractivity contribution in [1.29, 1.82) is 0 Å². The lowest BCUT2D eigenvalue weighted by Crippen LogP contribution is -2.24. The smallest absolute Gasteiger partial charge is 0.241 e. The minimum atomic E-state index is -3.65. The van der Waals surface area contributed by atoms with Crippen LogP contribution >= 0.6 is 11.6 Å². The molecule has 3 rings (SSSR count). The molecular formula is C17H15ClN2O3S. The molecule has 0 aliphatic heterocycles. The molecule has 5 nitrogen and oxygen atoms in total. The van der Waals surface area contributed by atoms with Crippen molar-refractivity contribution in [3.63, 3.8) is 0 Å². The van der Waals surface area contributed by atoms with E-state index in [9.17, 15) is 8.42 Å². The van der Waals surface area contributed by atoms with Gasteiger partial charge in [-0.05, 0) is 48.4 Å². The topological polar surface area (TPSA) is 72.2 Å². The van der Waals surface area contributed by atoms with E-state index in [0.29, 0.717) is 22.0 Å². The van der Waals surface area contributed by atoms with E-state index >= 15 is 0 Å². The molecule has 0 bridgehead atoms. The zero-order chi connectivity index (χ0) is 17.2. The molecule has 2 heterocycles. The molecule has 1 aromatic carbocycles. The minimum absolute atomic E-state index is 0.139. The second kappa shape index (κ2) is 6.76. The molecule has 2 aromatic heterocycles. The average molecular weight is 363 g/mol. The number of nitrogens with zero attached hydrogens (tertiary/aromatic N) is 1. The molecule has 0 fully saturated rings. The van der Waals surface area contributed by atoms with Crippen molar-refractivity contribution in [2.45, 2.75) is 18.4 Å². The monoisotopic (exact) mass is 362 g/mol. The standard InChI is InChI=1S/C17H15ClN2O3S/c1-12-14(18)4-2-6-17(12)24(21,22)20-11-13-7-8-15(19-10-13)16-5-3-9-23-16/h2-10,20H,11H2,1H3. The third-order valence-corrected chi connectivity index (χ3v) is 5.53. The van der Waals surface area contributed by atoms with E-state index in [1.165, 1.54) is 6.07 Å². The fourth-order valence-corrected chi connectivity index (χ4v) is 3.75. The summed E-state index contributed by atoms with van der Waals surface area (Å²) in [7, 11) is -3.65. The van der Waals surface area contributed by atoms with Gasteiger partial charge in [0, 0.05) is 17.8 Å². The Balaban J connectivity index is 1.74. The molecule has 3 aromatic rings. The maximum atomic E-state index is 12.4. The van der Waals surface area contributed by atoms with Crippen LogP contribution in [0.3, 0.4) is 0 Å². The van der Waals surface area contributed by atoms with Crippen molar-refractivity contribution in [2.24, 2.45) is 0 Å². The lowest BCUT2D eigenvalue weighted by Gasteiger charge is -2.10. The van der Waals surface area contributed by atoms with Gasteiger partial charge in [-0.2, -0.15) is 0 Å². The first kappa shape index (κ1) is 16.7. The van der Waals surface area contributed by atoms with Gasteiger partial charge < -0.3 is 4.42 Å². The number of rotatable bonds is 5. The van der Waals surface area contributed by atoms with E-state index in [2.05, 4.69) is 9.71 Å². The average Bonchev–Trinajstić information content (AvgIpc) is 3.10. The number of pyridine rings is 1. The van der Waals surface area contributed by atoms with Gasteiger partial charge in [-0.1, -0.05) is 23.7 Å². The normalized spacial score (nSPS) is 11.6. The summed E-state index contributed by atoms with van der Waals surface area (Å²) in [4.78, 5) is 4.45. The summed E-state index contributed by atoms with van der Waals surface area (Å²) in [6.07, 6.45) is 3.19. The lowest BCUT2D eigenvalue weighted by atomic mass is 10.2. The summed E-state index contributed by atoms with van der Waals surface area (Å²) < 4.78 is 32.7. The Morgan fingerprint density at radius 1 is 1.17 bits per heavy atom. The third kappa shape index (κ3) is 3.51. The molecule has 0 radical (unpaired) electrons. The molecule has 0 saturated heterocycles. The highest BCUT2D eigenvalue weighted by atomic mass is 35.5. The highest BCUT2D eigenvalue weighted by Gasteiger charge is 2.17. The molecule has 0 aliphatic rings. The predicted octanol–water partition coefficient (Wildman–Crippen LogP) is 3.78. The first-order valence-electron chi connectivity index (χ1n) is 7.21. The number of hydrogen-bond donors (Lipinski definition) is 1. The van der Waals surface area contributed by atoms with Crippen LogP contribution < -0.4 is 4.72 Å². The summed E-state index contributed by atoms with van der Waals surface area (Å²) in [5.74, 6) is 0.664. The Kier molecular flexibility index (Phi) is 4.71. The Morgan fingerprint density at radius 3 is 2.67 bits per heavy atom. The highest BCUT2D eigenvalue weighted by Crippen LogP contribution is 2.23. The summed E-state index contributed by atoms with van der Waals surface area (Å²) in [6, 6.07) is 12.0. The van der Waals surface area contributed by atoms with Crippen LogP contribution in [0, 0.1) is 6.92 Å². The number of hydrogen-bond acceptors (Lipinski definition) is 4. The summed E-state index contributed by atoms with van der Waals surface area (Å²) in [5, 5.41) is 0.419. The molecule has 1 N–H and O–H groups in total. The van der Waals surface area contributed by atoms with Crippen LogP contribution in [0.2, 0.25) is 5.02 Å². The molecule has 0 unspecified atom stereocenters. The van der Waals surface area contributed by atoms with Crippen LogP contribution in [0.1, 0.15) is 11.1 Å². The molecule has 0 amide bonds. The van der Waals surface area contributed by atoms with E-state index in [0.717, 1.165) is 5.56 Å². The van der Waals surface area contributed by atoms with Gasteiger partial charge in [0.2, 0.25) is 10.0 Å². The Morgan fingerprint density at radius 2 is 2.00 bits per heavy atom. The van der Waals surface area contributed by atoms with Crippen LogP contribution in [0.15, 0.2) is 64.2 Å². The van der Waals surface area contributed by atoms with E-state index in [-0.39, 0.29) is 11.4 Å². The molecule has 0 aliphatic carbocycles. The number of benzene rings is 1. The first-order chi connectivity index (χ1) is 11.5. The van der Waals surface area contributed by atoms with Gasteiger partial charge in [0.25, 0.3) is 0 Å². The van der Waals surface area contributed by atoms with E-state index in [1.54, 1.807) is 49.7 Å². The third-order valence-electron chi connectivity index (χ3n) is 3.57. The van der Waals surface area contributed by atoms with E-state index in [1.807, 2.05) is 6.07 Å². The molecule has 7 heteroatoms. The lowest BCUT2D eigenvalue weighted by molar-refractivity contribution is 0.578.